The van der Waals surface area contributed by atoms with Crippen LogP contribution in [-0.2, 0) is 9.47 Å². The van der Waals surface area contributed by atoms with Crippen LogP contribution < -0.4 is 5.43 Å². The van der Waals surface area contributed by atoms with Crippen molar-refractivity contribution in [3.8, 4) is 12.1 Å². The second-order valence-corrected chi connectivity index (χ2v) is 6.70. The van der Waals surface area contributed by atoms with E-state index in [1.54, 1.807) is 29.2 Å². The van der Waals surface area contributed by atoms with Crippen molar-refractivity contribution in [3.63, 3.8) is 0 Å². The lowest BCUT2D eigenvalue weighted by molar-refractivity contribution is -0.0432. The fourth-order valence-electron chi connectivity index (χ4n) is 2.31. The maximum Gasteiger partial charge on any atom is 0.410 e. The average Bonchev–Trinajstić information content (AvgIpc) is 2.62. The molecule has 1 unspecified atom stereocenters. The van der Waals surface area contributed by atoms with Gasteiger partial charge in [0.1, 0.15) is 23.8 Å². The third kappa shape index (κ3) is 5.47. The Morgan fingerprint density at radius 1 is 1.31 bits per heavy atom. The van der Waals surface area contributed by atoms with E-state index >= 15 is 0 Å². The highest BCUT2D eigenvalue weighted by Gasteiger charge is 2.28. The fourth-order valence-corrected chi connectivity index (χ4v) is 2.31. The largest absolute Gasteiger partial charge is 0.444 e. The summed E-state index contributed by atoms with van der Waals surface area (Å²) in [7, 11) is 0. The first-order valence-corrected chi connectivity index (χ1v) is 8.16. The Labute approximate surface area is 152 Å². The number of hydrazone groups is 1. The molecule has 0 radical (unpaired) electrons. The van der Waals surface area contributed by atoms with Gasteiger partial charge in [0, 0.05) is 6.54 Å². The first-order chi connectivity index (χ1) is 12.3. The van der Waals surface area contributed by atoms with E-state index in [4.69, 9.17) is 20.0 Å². The first-order valence-electron chi connectivity index (χ1n) is 8.16. The van der Waals surface area contributed by atoms with Gasteiger partial charge in [-0.2, -0.15) is 15.6 Å². The number of nitrogens with one attached hydrogen (secondary N) is 1. The minimum Gasteiger partial charge on any atom is -0.444 e. The van der Waals surface area contributed by atoms with Crippen molar-refractivity contribution in [1.82, 2.24) is 4.90 Å². The summed E-state index contributed by atoms with van der Waals surface area (Å²) in [6, 6.07) is 10.6. The zero-order valence-electron chi connectivity index (χ0n) is 15.0. The Balaban J connectivity index is 2.00. The Morgan fingerprint density at radius 3 is 2.54 bits per heavy atom. The molecule has 1 heterocycles. The molecule has 1 amide bonds. The van der Waals surface area contributed by atoms with Crippen LogP contribution in [0.15, 0.2) is 29.4 Å². The van der Waals surface area contributed by atoms with Gasteiger partial charge >= 0.3 is 6.09 Å². The monoisotopic (exact) mass is 355 g/mol. The molecule has 0 bridgehead atoms. The Morgan fingerprint density at radius 2 is 1.96 bits per heavy atom. The number of nitriles is 2. The maximum absolute atomic E-state index is 12.2. The van der Waals surface area contributed by atoms with Gasteiger partial charge in [-0.05, 0) is 38.5 Å². The summed E-state index contributed by atoms with van der Waals surface area (Å²) >= 11 is 0. The van der Waals surface area contributed by atoms with E-state index in [-0.39, 0.29) is 17.9 Å². The molecule has 8 nitrogen and oxygen atoms in total. The average molecular weight is 355 g/mol. The number of benzene rings is 1. The molecule has 1 aliphatic rings. The number of morpholine rings is 1. The van der Waals surface area contributed by atoms with E-state index in [2.05, 4.69) is 10.5 Å². The molecule has 1 fully saturated rings. The van der Waals surface area contributed by atoms with Crippen molar-refractivity contribution < 1.29 is 14.3 Å². The number of ether oxygens (including phenoxy) is 2. The van der Waals surface area contributed by atoms with Crippen LogP contribution in [0.5, 0.6) is 0 Å². The van der Waals surface area contributed by atoms with E-state index in [9.17, 15) is 4.79 Å². The van der Waals surface area contributed by atoms with E-state index in [0.29, 0.717) is 25.4 Å². The highest BCUT2D eigenvalue weighted by Crippen LogP contribution is 2.24. The molecule has 0 saturated carbocycles. The van der Waals surface area contributed by atoms with Gasteiger partial charge in [0.05, 0.1) is 18.8 Å². The highest BCUT2D eigenvalue weighted by atomic mass is 16.6. The van der Waals surface area contributed by atoms with Gasteiger partial charge in [-0.3, -0.25) is 5.43 Å². The number of rotatable bonds is 3. The van der Waals surface area contributed by atoms with Gasteiger partial charge in [0.2, 0.25) is 5.71 Å². The van der Waals surface area contributed by atoms with E-state index in [1.165, 1.54) is 0 Å². The molecule has 1 aliphatic heterocycles. The summed E-state index contributed by atoms with van der Waals surface area (Å²) in [4.78, 5) is 13.9. The van der Waals surface area contributed by atoms with Crippen LogP contribution in [0.2, 0.25) is 0 Å². The normalized spacial score (nSPS) is 16.8. The van der Waals surface area contributed by atoms with Crippen LogP contribution in [0.4, 0.5) is 10.5 Å². The topological polar surface area (TPSA) is 111 Å². The molecular formula is C18H21N5O3. The number of carbonyl (C=O) groups is 1. The van der Waals surface area contributed by atoms with Gasteiger partial charge in [-0.15, -0.1) is 0 Å². The Bertz CT molecular complexity index is 737. The zero-order chi connectivity index (χ0) is 19.2. The standard InChI is InChI=1S/C18H21N5O3/c1-18(2,3)26-17(24)23-8-9-25-16(12-23)13-4-6-14(7-5-13)21-22-15(10-19)11-20/h4-7,16,21H,8-9,12H2,1-3H3. The second-order valence-electron chi connectivity index (χ2n) is 6.70. The van der Waals surface area contributed by atoms with Crippen LogP contribution in [-0.4, -0.2) is 42.0 Å². The van der Waals surface area contributed by atoms with Crippen molar-refractivity contribution >= 4 is 17.5 Å². The van der Waals surface area contributed by atoms with Crippen LogP contribution in [0.25, 0.3) is 0 Å². The van der Waals surface area contributed by atoms with Gasteiger partial charge in [0.25, 0.3) is 0 Å². The minimum absolute atomic E-state index is 0.248. The summed E-state index contributed by atoms with van der Waals surface area (Å²) in [5.74, 6) is 0. The molecule has 0 aromatic heterocycles. The SMILES string of the molecule is CC(C)(C)OC(=O)N1CCOC(c2ccc(NN=C(C#N)C#N)cc2)C1. The Kier molecular flexibility index (Phi) is 6.16. The lowest BCUT2D eigenvalue weighted by Gasteiger charge is -2.34. The predicted octanol–water partition coefficient (Wildman–Crippen LogP) is 2.81. The van der Waals surface area contributed by atoms with Gasteiger partial charge in [-0.25, -0.2) is 4.79 Å². The molecule has 8 heteroatoms. The lowest BCUT2D eigenvalue weighted by Crippen LogP contribution is -2.44. The molecular weight excluding hydrogens is 334 g/mol. The molecule has 1 saturated heterocycles. The molecule has 1 aromatic rings. The number of anilines is 1. The number of hydrogen-bond donors (Lipinski definition) is 1. The van der Waals surface area contributed by atoms with Crippen molar-refractivity contribution in [1.29, 1.82) is 10.5 Å². The Hall–Kier alpha value is -3.10. The zero-order valence-corrected chi connectivity index (χ0v) is 15.0. The molecule has 1 N–H and O–H groups in total. The molecule has 0 aliphatic carbocycles. The third-order valence-electron chi connectivity index (χ3n) is 3.51. The highest BCUT2D eigenvalue weighted by molar-refractivity contribution is 6.10. The molecule has 2 rings (SSSR count). The van der Waals surface area contributed by atoms with Crippen LogP contribution in [0, 0.1) is 22.7 Å². The number of nitrogens with zero attached hydrogens (tertiary/aromatic N) is 4. The summed E-state index contributed by atoms with van der Waals surface area (Å²) < 4.78 is 11.2. The summed E-state index contributed by atoms with van der Waals surface area (Å²) in [6.07, 6.45) is -0.596. The molecule has 1 atom stereocenters. The van der Waals surface area contributed by atoms with Crippen LogP contribution >= 0.6 is 0 Å². The smallest absolute Gasteiger partial charge is 0.410 e. The van der Waals surface area contributed by atoms with Crippen molar-refractivity contribution in [2.24, 2.45) is 5.10 Å². The molecule has 26 heavy (non-hydrogen) atoms. The van der Waals surface area contributed by atoms with Crippen LogP contribution in [0.3, 0.4) is 0 Å². The second kappa shape index (κ2) is 8.32. The number of amides is 1. The van der Waals surface area contributed by atoms with Gasteiger partial charge in [-0.1, -0.05) is 12.1 Å². The van der Waals surface area contributed by atoms with E-state index < -0.39 is 5.60 Å². The fraction of sp³-hybridized carbons (Fsp3) is 0.444. The maximum atomic E-state index is 12.2. The van der Waals surface area contributed by atoms with Crippen molar-refractivity contribution in [3.05, 3.63) is 29.8 Å². The summed E-state index contributed by atoms with van der Waals surface area (Å²) in [6.45, 7) is 6.84. The van der Waals surface area contributed by atoms with E-state index in [0.717, 1.165) is 5.56 Å². The number of carbonyl (C=O) groups excluding carboxylic acids is 1. The van der Waals surface area contributed by atoms with Gasteiger partial charge < -0.3 is 14.4 Å². The lowest BCUT2D eigenvalue weighted by atomic mass is 10.1. The van der Waals surface area contributed by atoms with Crippen LogP contribution in [0.1, 0.15) is 32.4 Å². The summed E-state index contributed by atoms with van der Waals surface area (Å²) in [5.41, 5.74) is 3.40. The minimum atomic E-state index is -0.537. The quantitative estimate of drug-likeness (QED) is 0.659. The predicted molar refractivity (Wildman–Crippen MR) is 95.2 cm³/mol. The van der Waals surface area contributed by atoms with E-state index in [1.807, 2.05) is 32.9 Å². The molecule has 136 valence electrons. The van der Waals surface area contributed by atoms with Crippen molar-refractivity contribution in [2.75, 3.05) is 25.1 Å². The first kappa shape index (κ1) is 19.2. The number of hydrogen-bond acceptors (Lipinski definition) is 7. The molecule has 1 aromatic carbocycles. The summed E-state index contributed by atoms with van der Waals surface area (Å²) in [5, 5.41) is 21.0. The van der Waals surface area contributed by atoms with Gasteiger partial charge in [0.15, 0.2) is 0 Å². The molecule has 0 spiro atoms. The third-order valence-corrected chi connectivity index (χ3v) is 3.51. The van der Waals surface area contributed by atoms with Crippen molar-refractivity contribution in [2.45, 2.75) is 32.5 Å².